The topological polar surface area (TPSA) is 63.2 Å². The van der Waals surface area contributed by atoms with E-state index in [0.717, 1.165) is 12.1 Å². The summed E-state index contributed by atoms with van der Waals surface area (Å²) in [6, 6.07) is 3.38. The van der Waals surface area contributed by atoms with E-state index >= 15 is 0 Å². The summed E-state index contributed by atoms with van der Waals surface area (Å²) in [5.41, 5.74) is -0.942. The molecule has 0 radical (unpaired) electrons. The molecule has 0 saturated carbocycles. The SMILES string of the molecule is O=C(Nc1ccccc1S(=O)(=O)C(F)F)C(F)(F)C(F)F. The predicted octanol–water partition coefficient (Wildman–Crippen LogP) is 2.52. The minimum atomic E-state index is -5.20. The molecule has 118 valence electrons. The van der Waals surface area contributed by atoms with Crippen molar-refractivity contribution in [1.82, 2.24) is 0 Å². The highest BCUT2D eigenvalue weighted by Crippen LogP contribution is 2.29. The second-order valence-electron chi connectivity index (χ2n) is 3.68. The molecule has 0 aliphatic carbocycles. The molecular weight excluding hydrogens is 328 g/mol. The number of carbonyl (C=O) groups is 1. The standard InChI is InChI=1S/C10H7F6NO3S/c11-7(12)10(15,16)8(18)17-5-3-1-2-4-6(5)21(19,20)9(13)14/h1-4,7,9H,(H,17,18). The molecule has 0 aliphatic heterocycles. The van der Waals surface area contributed by atoms with Crippen LogP contribution in [-0.2, 0) is 14.6 Å². The quantitative estimate of drug-likeness (QED) is 0.841. The van der Waals surface area contributed by atoms with Crippen LogP contribution in [0.25, 0.3) is 0 Å². The lowest BCUT2D eigenvalue weighted by Crippen LogP contribution is -2.41. The van der Waals surface area contributed by atoms with Crippen molar-refractivity contribution < 1.29 is 39.6 Å². The van der Waals surface area contributed by atoms with Gasteiger partial charge in [0.05, 0.1) is 10.6 Å². The molecule has 1 aromatic carbocycles. The smallest absolute Gasteiger partial charge is 0.319 e. The molecule has 0 aliphatic rings. The normalized spacial score (nSPS) is 12.8. The fraction of sp³-hybridized carbons (Fsp3) is 0.300. The predicted molar refractivity (Wildman–Crippen MR) is 59.2 cm³/mol. The second kappa shape index (κ2) is 5.92. The fourth-order valence-electron chi connectivity index (χ4n) is 1.22. The number of carbonyl (C=O) groups excluding carboxylic acids is 1. The summed E-state index contributed by atoms with van der Waals surface area (Å²) in [5, 5.41) is 1.21. The molecule has 0 fully saturated rings. The zero-order chi connectivity index (χ0) is 16.4. The molecule has 11 heteroatoms. The summed E-state index contributed by atoms with van der Waals surface area (Å²) < 4.78 is 96.8. The zero-order valence-corrected chi connectivity index (χ0v) is 10.7. The van der Waals surface area contributed by atoms with Crippen LogP contribution in [0.1, 0.15) is 0 Å². The number of nitrogens with one attached hydrogen (secondary N) is 1. The number of halogens is 6. The monoisotopic (exact) mass is 335 g/mol. The maximum absolute atomic E-state index is 12.8. The third-order valence-electron chi connectivity index (χ3n) is 2.25. The number of benzene rings is 1. The number of anilines is 1. The number of hydrogen-bond donors (Lipinski definition) is 1. The first kappa shape index (κ1) is 17.3. The summed E-state index contributed by atoms with van der Waals surface area (Å²) in [6.45, 7) is 0. The van der Waals surface area contributed by atoms with Gasteiger partial charge < -0.3 is 5.32 Å². The Bertz CT molecular complexity index is 631. The fourth-order valence-corrected chi connectivity index (χ4v) is 2.10. The zero-order valence-electron chi connectivity index (χ0n) is 9.86. The summed E-state index contributed by atoms with van der Waals surface area (Å²) in [4.78, 5) is 9.85. The van der Waals surface area contributed by atoms with Crippen LogP contribution in [0.3, 0.4) is 0 Å². The van der Waals surface area contributed by atoms with Gasteiger partial charge in [-0.15, -0.1) is 0 Å². The molecule has 0 heterocycles. The van der Waals surface area contributed by atoms with Crippen molar-refractivity contribution in [3.63, 3.8) is 0 Å². The van der Waals surface area contributed by atoms with Gasteiger partial charge >= 0.3 is 24.0 Å². The first-order valence-corrected chi connectivity index (χ1v) is 6.64. The third kappa shape index (κ3) is 3.46. The van der Waals surface area contributed by atoms with Gasteiger partial charge in [0.15, 0.2) is 0 Å². The van der Waals surface area contributed by atoms with E-state index in [-0.39, 0.29) is 0 Å². The van der Waals surface area contributed by atoms with Crippen LogP contribution in [0.2, 0.25) is 0 Å². The van der Waals surface area contributed by atoms with E-state index in [9.17, 15) is 39.6 Å². The van der Waals surface area contributed by atoms with Gasteiger partial charge in [0.1, 0.15) is 0 Å². The summed E-state index contributed by atoms with van der Waals surface area (Å²) >= 11 is 0. The summed E-state index contributed by atoms with van der Waals surface area (Å²) in [6.07, 6.45) is -4.34. The lowest BCUT2D eigenvalue weighted by Gasteiger charge is -2.16. The molecule has 0 spiro atoms. The average Bonchev–Trinajstić information content (AvgIpc) is 2.38. The minimum absolute atomic E-state index is 0.623. The van der Waals surface area contributed by atoms with Crippen LogP contribution in [0, 0.1) is 0 Å². The van der Waals surface area contributed by atoms with E-state index in [1.807, 2.05) is 0 Å². The highest BCUT2D eigenvalue weighted by Gasteiger charge is 2.49. The van der Waals surface area contributed by atoms with Crippen molar-refractivity contribution >= 4 is 21.4 Å². The van der Waals surface area contributed by atoms with Crippen LogP contribution in [-0.4, -0.2) is 32.4 Å². The molecule has 0 aromatic heterocycles. The van der Waals surface area contributed by atoms with Crippen LogP contribution in [0.5, 0.6) is 0 Å². The first-order valence-electron chi connectivity index (χ1n) is 5.09. The molecule has 1 amide bonds. The third-order valence-corrected chi connectivity index (χ3v) is 3.69. The van der Waals surface area contributed by atoms with Gasteiger partial charge in [0, 0.05) is 0 Å². The number of alkyl halides is 6. The van der Waals surface area contributed by atoms with Crippen LogP contribution >= 0.6 is 0 Å². The highest BCUT2D eigenvalue weighted by atomic mass is 32.2. The van der Waals surface area contributed by atoms with Crippen molar-refractivity contribution in [1.29, 1.82) is 0 Å². The van der Waals surface area contributed by atoms with Crippen molar-refractivity contribution in [3.8, 4) is 0 Å². The summed E-state index contributed by atoms with van der Waals surface area (Å²) in [7, 11) is -5.20. The Balaban J connectivity index is 3.21. The number of sulfone groups is 1. The van der Waals surface area contributed by atoms with E-state index < -0.39 is 44.4 Å². The van der Waals surface area contributed by atoms with Gasteiger partial charge in [0.2, 0.25) is 9.84 Å². The molecule has 0 saturated heterocycles. The highest BCUT2D eigenvalue weighted by molar-refractivity contribution is 7.91. The van der Waals surface area contributed by atoms with E-state index in [2.05, 4.69) is 0 Å². The van der Waals surface area contributed by atoms with E-state index in [1.54, 1.807) is 0 Å². The van der Waals surface area contributed by atoms with Crippen molar-refractivity contribution in [2.45, 2.75) is 23.0 Å². The summed E-state index contributed by atoms with van der Waals surface area (Å²) in [5.74, 6) is -11.5. The molecule has 1 N–H and O–H groups in total. The van der Waals surface area contributed by atoms with Crippen molar-refractivity contribution in [2.75, 3.05) is 5.32 Å². The van der Waals surface area contributed by atoms with E-state index in [4.69, 9.17) is 0 Å². The Morgan fingerprint density at radius 1 is 1.10 bits per heavy atom. The number of rotatable bonds is 5. The van der Waals surface area contributed by atoms with Gasteiger partial charge in [-0.05, 0) is 12.1 Å². The van der Waals surface area contributed by atoms with E-state index in [1.165, 1.54) is 5.32 Å². The number of para-hydroxylation sites is 1. The maximum Gasteiger partial charge on any atom is 0.383 e. The second-order valence-corrected chi connectivity index (χ2v) is 5.57. The lowest BCUT2D eigenvalue weighted by molar-refractivity contribution is -0.163. The average molecular weight is 335 g/mol. The van der Waals surface area contributed by atoms with Crippen LogP contribution < -0.4 is 5.32 Å². The lowest BCUT2D eigenvalue weighted by atomic mass is 10.2. The van der Waals surface area contributed by atoms with Gasteiger partial charge in [-0.3, -0.25) is 4.79 Å². The van der Waals surface area contributed by atoms with Crippen molar-refractivity contribution in [2.24, 2.45) is 0 Å². The van der Waals surface area contributed by atoms with Gasteiger partial charge in [-0.1, -0.05) is 12.1 Å². The molecule has 0 unspecified atom stereocenters. The molecule has 21 heavy (non-hydrogen) atoms. The van der Waals surface area contributed by atoms with Gasteiger partial charge in [-0.25, -0.2) is 17.2 Å². The van der Waals surface area contributed by atoms with Gasteiger partial charge in [-0.2, -0.15) is 17.6 Å². The number of amides is 1. The Morgan fingerprint density at radius 3 is 2.10 bits per heavy atom. The Morgan fingerprint density at radius 2 is 1.62 bits per heavy atom. The molecule has 0 atom stereocenters. The van der Waals surface area contributed by atoms with Crippen molar-refractivity contribution in [3.05, 3.63) is 24.3 Å². The molecule has 4 nitrogen and oxygen atoms in total. The number of hydrogen-bond acceptors (Lipinski definition) is 3. The molecule has 0 bridgehead atoms. The minimum Gasteiger partial charge on any atom is -0.319 e. The van der Waals surface area contributed by atoms with E-state index in [0.29, 0.717) is 12.1 Å². The Labute approximate surface area is 114 Å². The largest absolute Gasteiger partial charge is 0.383 e. The Hall–Kier alpha value is -1.78. The molecule has 1 aromatic rings. The Kier molecular flexibility index (Phi) is 4.87. The first-order chi connectivity index (χ1) is 9.51. The maximum atomic E-state index is 12.8. The molecule has 1 rings (SSSR count). The molecular formula is C10H7F6NO3S. The van der Waals surface area contributed by atoms with Gasteiger partial charge in [0.25, 0.3) is 0 Å². The van der Waals surface area contributed by atoms with Crippen LogP contribution in [0.15, 0.2) is 29.2 Å². The van der Waals surface area contributed by atoms with Crippen LogP contribution in [0.4, 0.5) is 32.0 Å².